The van der Waals surface area contributed by atoms with Gasteiger partial charge in [-0.2, -0.15) is 5.10 Å². The fourth-order valence-corrected chi connectivity index (χ4v) is 2.82. The van der Waals surface area contributed by atoms with Crippen LogP contribution in [-0.4, -0.2) is 39.4 Å². The third kappa shape index (κ3) is 3.53. The van der Waals surface area contributed by atoms with Crippen molar-refractivity contribution in [2.24, 2.45) is 0 Å². The van der Waals surface area contributed by atoms with Crippen molar-refractivity contribution in [1.29, 1.82) is 0 Å². The number of aliphatic hydroxyl groups is 1. The van der Waals surface area contributed by atoms with Crippen LogP contribution in [0.2, 0.25) is 10.0 Å². The zero-order valence-electron chi connectivity index (χ0n) is 12.4. The first-order valence-corrected chi connectivity index (χ1v) is 7.96. The Morgan fingerprint density at radius 3 is 2.96 bits per heavy atom. The molecule has 1 aliphatic rings. The van der Waals surface area contributed by atoms with Gasteiger partial charge in [-0.15, -0.1) is 0 Å². The number of benzene rings is 1. The molecule has 0 saturated heterocycles. The molecular formula is C15H14Cl2N4O3. The Morgan fingerprint density at radius 2 is 2.21 bits per heavy atom. The molecule has 1 aromatic carbocycles. The summed E-state index contributed by atoms with van der Waals surface area (Å²) < 4.78 is 1.33. The molecule has 0 fully saturated rings. The number of halogens is 2. The van der Waals surface area contributed by atoms with E-state index in [1.165, 1.54) is 10.7 Å². The van der Waals surface area contributed by atoms with Gasteiger partial charge in [0.1, 0.15) is 5.69 Å². The molecule has 24 heavy (non-hydrogen) atoms. The lowest BCUT2D eigenvalue weighted by atomic mass is 10.2. The number of carbonyl (C=O) groups excluding carboxylic acids is 2. The lowest BCUT2D eigenvalue weighted by Crippen LogP contribution is -2.30. The van der Waals surface area contributed by atoms with Crippen molar-refractivity contribution in [2.45, 2.75) is 19.2 Å². The van der Waals surface area contributed by atoms with E-state index in [4.69, 9.17) is 23.2 Å². The molecule has 2 heterocycles. The number of amides is 2. The highest BCUT2D eigenvalue weighted by molar-refractivity contribution is 6.35. The summed E-state index contributed by atoms with van der Waals surface area (Å²) in [6.07, 6.45) is -0.751. The smallest absolute Gasteiger partial charge is 0.272 e. The van der Waals surface area contributed by atoms with E-state index in [1.807, 2.05) is 0 Å². The maximum absolute atomic E-state index is 12.2. The molecule has 1 aliphatic heterocycles. The molecule has 7 nitrogen and oxygen atoms in total. The summed E-state index contributed by atoms with van der Waals surface area (Å²) in [4.78, 5) is 24.1. The van der Waals surface area contributed by atoms with E-state index in [-0.39, 0.29) is 36.9 Å². The fraction of sp³-hybridized carbons (Fsp3) is 0.267. The second-order valence-corrected chi connectivity index (χ2v) is 6.22. The predicted molar refractivity (Wildman–Crippen MR) is 88.2 cm³/mol. The number of nitrogens with zero attached hydrogens (tertiary/aromatic N) is 2. The molecule has 0 spiro atoms. The summed E-state index contributed by atoms with van der Waals surface area (Å²) in [5.41, 5.74) is 1.05. The van der Waals surface area contributed by atoms with Gasteiger partial charge < -0.3 is 15.7 Å². The Kier molecular flexibility index (Phi) is 4.75. The van der Waals surface area contributed by atoms with Gasteiger partial charge in [0.05, 0.1) is 12.6 Å². The highest BCUT2D eigenvalue weighted by Crippen LogP contribution is 2.20. The first-order chi connectivity index (χ1) is 11.4. The molecule has 0 aliphatic carbocycles. The van der Waals surface area contributed by atoms with Crippen LogP contribution in [0.1, 0.15) is 26.5 Å². The van der Waals surface area contributed by atoms with Gasteiger partial charge in [-0.1, -0.05) is 29.3 Å². The summed E-state index contributed by atoms with van der Waals surface area (Å²) in [6, 6.07) is 6.39. The molecule has 2 amide bonds. The standard InChI is InChI=1S/C15H14Cl2N4O3/c16-9-2-1-8(11(17)3-9)5-18-14(23)12-4-13-15(24)19-6-10(22)7-21(13)20-12/h1-4,10,22H,5-7H2,(H,18,23)(H,19,24). The Morgan fingerprint density at radius 1 is 1.42 bits per heavy atom. The minimum Gasteiger partial charge on any atom is -0.389 e. The second kappa shape index (κ2) is 6.80. The lowest BCUT2D eigenvalue weighted by Gasteiger charge is -2.07. The van der Waals surface area contributed by atoms with Crippen molar-refractivity contribution < 1.29 is 14.7 Å². The zero-order chi connectivity index (χ0) is 17.3. The van der Waals surface area contributed by atoms with Crippen LogP contribution in [0.4, 0.5) is 0 Å². The van der Waals surface area contributed by atoms with E-state index in [1.54, 1.807) is 18.2 Å². The molecule has 126 valence electrons. The molecule has 9 heteroatoms. The van der Waals surface area contributed by atoms with Crippen molar-refractivity contribution in [3.05, 3.63) is 51.3 Å². The topological polar surface area (TPSA) is 96.2 Å². The molecular weight excluding hydrogens is 355 g/mol. The molecule has 0 saturated carbocycles. The highest BCUT2D eigenvalue weighted by atomic mass is 35.5. The number of nitrogens with one attached hydrogen (secondary N) is 2. The number of aromatic nitrogens is 2. The van der Waals surface area contributed by atoms with Gasteiger partial charge in [-0.3, -0.25) is 14.3 Å². The van der Waals surface area contributed by atoms with Crippen molar-refractivity contribution in [2.75, 3.05) is 6.54 Å². The van der Waals surface area contributed by atoms with E-state index in [2.05, 4.69) is 15.7 Å². The number of β-amino-alcohol motifs (C(OH)–C–C–N with tert-alkyl or cyclic N) is 1. The summed E-state index contributed by atoms with van der Waals surface area (Å²) in [7, 11) is 0. The molecule has 3 rings (SSSR count). The molecule has 3 N–H and O–H groups in total. The van der Waals surface area contributed by atoms with E-state index in [9.17, 15) is 14.7 Å². The van der Waals surface area contributed by atoms with Gasteiger partial charge in [0, 0.05) is 29.2 Å². The van der Waals surface area contributed by atoms with Gasteiger partial charge in [-0.05, 0) is 17.7 Å². The largest absolute Gasteiger partial charge is 0.389 e. The van der Waals surface area contributed by atoms with Crippen LogP contribution in [0.5, 0.6) is 0 Å². The molecule has 0 radical (unpaired) electrons. The number of carbonyl (C=O) groups is 2. The first-order valence-electron chi connectivity index (χ1n) is 7.20. The summed E-state index contributed by atoms with van der Waals surface area (Å²) >= 11 is 11.9. The van der Waals surface area contributed by atoms with Gasteiger partial charge in [0.2, 0.25) is 0 Å². The summed E-state index contributed by atoms with van der Waals surface area (Å²) in [6.45, 7) is 0.495. The summed E-state index contributed by atoms with van der Waals surface area (Å²) in [5.74, 6) is -0.817. The van der Waals surface area contributed by atoms with E-state index >= 15 is 0 Å². The Hall–Kier alpha value is -2.09. The maximum atomic E-state index is 12.2. The number of rotatable bonds is 3. The average molecular weight is 369 g/mol. The minimum absolute atomic E-state index is 0.0966. The SMILES string of the molecule is O=C(NCc1ccc(Cl)cc1Cl)c1cc2n(n1)CC(O)CNC2=O. The Labute approximate surface area is 147 Å². The van der Waals surface area contributed by atoms with Crippen LogP contribution in [0.25, 0.3) is 0 Å². The number of hydrogen-bond donors (Lipinski definition) is 3. The van der Waals surface area contributed by atoms with Crippen molar-refractivity contribution >= 4 is 35.0 Å². The van der Waals surface area contributed by atoms with E-state index in [0.29, 0.717) is 15.6 Å². The fourth-order valence-electron chi connectivity index (χ4n) is 2.35. The van der Waals surface area contributed by atoms with Crippen LogP contribution >= 0.6 is 23.2 Å². The lowest BCUT2D eigenvalue weighted by molar-refractivity contribution is 0.0931. The normalized spacial score (nSPS) is 17.0. The number of aliphatic hydroxyl groups excluding tert-OH is 1. The molecule has 1 unspecified atom stereocenters. The van der Waals surface area contributed by atoms with Crippen LogP contribution in [0.3, 0.4) is 0 Å². The molecule has 0 bridgehead atoms. The Bertz CT molecular complexity index is 806. The second-order valence-electron chi connectivity index (χ2n) is 5.38. The first kappa shape index (κ1) is 16.8. The predicted octanol–water partition coefficient (Wildman–Crippen LogP) is 1.22. The van der Waals surface area contributed by atoms with Gasteiger partial charge >= 0.3 is 0 Å². The van der Waals surface area contributed by atoms with Crippen LogP contribution in [-0.2, 0) is 13.1 Å². The van der Waals surface area contributed by atoms with Crippen LogP contribution < -0.4 is 10.6 Å². The van der Waals surface area contributed by atoms with E-state index < -0.39 is 12.0 Å². The minimum atomic E-state index is -0.751. The zero-order valence-corrected chi connectivity index (χ0v) is 13.9. The third-order valence-corrected chi connectivity index (χ3v) is 4.17. The highest BCUT2D eigenvalue weighted by Gasteiger charge is 2.24. The number of hydrogen-bond acceptors (Lipinski definition) is 4. The molecule has 2 aromatic rings. The monoisotopic (exact) mass is 368 g/mol. The van der Waals surface area contributed by atoms with Crippen LogP contribution in [0, 0.1) is 0 Å². The molecule has 1 atom stereocenters. The average Bonchev–Trinajstić information content (AvgIpc) is 2.90. The van der Waals surface area contributed by atoms with Gasteiger partial charge in [0.25, 0.3) is 11.8 Å². The van der Waals surface area contributed by atoms with Crippen LogP contribution in [0.15, 0.2) is 24.3 Å². The maximum Gasteiger partial charge on any atom is 0.272 e. The summed E-state index contributed by atoms with van der Waals surface area (Å²) in [5, 5.41) is 20.0. The van der Waals surface area contributed by atoms with E-state index in [0.717, 1.165) is 0 Å². The third-order valence-electron chi connectivity index (χ3n) is 3.58. The molecule has 1 aromatic heterocycles. The van der Waals surface area contributed by atoms with Crippen molar-refractivity contribution in [3.8, 4) is 0 Å². The van der Waals surface area contributed by atoms with Crippen molar-refractivity contribution in [3.63, 3.8) is 0 Å². The van der Waals surface area contributed by atoms with Crippen molar-refractivity contribution in [1.82, 2.24) is 20.4 Å². The Balaban J connectivity index is 1.73. The quantitative estimate of drug-likeness (QED) is 0.758. The van der Waals surface area contributed by atoms with Gasteiger partial charge in [0.15, 0.2) is 5.69 Å². The van der Waals surface area contributed by atoms with Gasteiger partial charge in [-0.25, -0.2) is 0 Å². The number of fused-ring (bicyclic) bond motifs is 1.